The second-order valence-corrected chi connectivity index (χ2v) is 7.10. The summed E-state index contributed by atoms with van der Waals surface area (Å²) in [5.41, 5.74) is 3.28. The van der Waals surface area contributed by atoms with E-state index in [0.717, 1.165) is 36.1 Å². The highest BCUT2D eigenvalue weighted by Crippen LogP contribution is 2.21. The van der Waals surface area contributed by atoms with Crippen LogP contribution < -0.4 is 0 Å². The third kappa shape index (κ3) is 5.30. The first-order chi connectivity index (χ1) is 14.8. The van der Waals surface area contributed by atoms with Gasteiger partial charge in [-0.05, 0) is 19.4 Å². The smallest absolute Gasteiger partial charge is 0.184 e. The first-order valence-electron chi connectivity index (χ1n) is 9.82. The summed E-state index contributed by atoms with van der Waals surface area (Å²) in [6, 6.07) is 11.3. The molecule has 0 aliphatic heterocycles. The molecule has 0 aliphatic carbocycles. The molecule has 0 saturated carbocycles. The van der Waals surface area contributed by atoms with Gasteiger partial charge in [0.25, 0.3) is 0 Å². The third-order valence-corrected chi connectivity index (χ3v) is 4.76. The molecule has 0 atom stereocenters. The van der Waals surface area contributed by atoms with Crippen molar-refractivity contribution in [2.75, 3.05) is 6.54 Å². The first kappa shape index (κ1) is 19.8. The number of carbonyl (C=O) groups is 1. The number of rotatable bonds is 11. The van der Waals surface area contributed by atoms with Gasteiger partial charge >= 0.3 is 0 Å². The maximum atomic E-state index is 12.5. The summed E-state index contributed by atoms with van der Waals surface area (Å²) in [6.45, 7) is 2.22. The van der Waals surface area contributed by atoms with Crippen molar-refractivity contribution < 1.29 is 18.4 Å². The van der Waals surface area contributed by atoms with E-state index in [-0.39, 0.29) is 5.78 Å². The number of carbonyl (C=O) groups excluding carboxylic acids is 1. The third-order valence-electron chi connectivity index (χ3n) is 4.76. The summed E-state index contributed by atoms with van der Waals surface area (Å²) < 4.78 is 15.2. The lowest BCUT2D eigenvalue weighted by atomic mass is 10.1. The van der Waals surface area contributed by atoms with Crippen LogP contribution in [0.5, 0.6) is 0 Å². The van der Waals surface area contributed by atoms with E-state index in [0.29, 0.717) is 31.0 Å². The van der Waals surface area contributed by atoms with Crippen molar-refractivity contribution >= 4 is 5.78 Å². The molecule has 3 heterocycles. The Balaban J connectivity index is 1.27. The Morgan fingerprint density at radius 3 is 2.27 bits per heavy atom. The van der Waals surface area contributed by atoms with Gasteiger partial charge in [0.15, 0.2) is 11.5 Å². The number of benzene rings is 1. The first-order valence-corrected chi connectivity index (χ1v) is 9.82. The van der Waals surface area contributed by atoms with E-state index >= 15 is 0 Å². The van der Waals surface area contributed by atoms with Crippen LogP contribution in [0.2, 0.25) is 0 Å². The molecule has 4 aromatic rings. The fourth-order valence-electron chi connectivity index (χ4n) is 3.23. The topological polar surface area (TPSA) is 98.4 Å². The monoisotopic (exact) mass is 406 g/mol. The van der Waals surface area contributed by atoms with E-state index in [1.165, 1.54) is 0 Å². The number of hydrogen-bond donors (Lipinski definition) is 0. The molecule has 1 aromatic carbocycles. The van der Waals surface area contributed by atoms with Crippen LogP contribution in [0, 0.1) is 0 Å². The molecule has 4 rings (SSSR count). The molecule has 8 nitrogen and oxygen atoms in total. The molecule has 0 amide bonds. The lowest BCUT2D eigenvalue weighted by molar-refractivity contribution is 0.0968. The van der Waals surface area contributed by atoms with Gasteiger partial charge in [0.1, 0.15) is 18.2 Å². The second-order valence-electron chi connectivity index (χ2n) is 7.10. The molecule has 0 bridgehead atoms. The van der Waals surface area contributed by atoms with Crippen molar-refractivity contribution in [1.82, 2.24) is 20.4 Å². The summed E-state index contributed by atoms with van der Waals surface area (Å²) in [6.07, 6.45) is 8.74. The van der Waals surface area contributed by atoms with Gasteiger partial charge in [-0.25, -0.2) is 0 Å². The average molecular weight is 406 g/mol. The van der Waals surface area contributed by atoms with Gasteiger partial charge in [-0.1, -0.05) is 45.8 Å². The molecule has 8 heteroatoms. The summed E-state index contributed by atoms with van der Waals surface area (Å²) in [5, 5.41) is 11.4. The molecule has 0 aliphatic rings. The number of ketones is 1. The van der Waals surface area contributed by atoms with Crippen LogP contribution >= 0.6 is 0 Å². The van der Waals surface area contributed by atoms with Gasteiger partial charge in [-0.2, -0.15) is 0 Å². The average Bonchev–Trinajstić information content (AvgIpc) is 3.54. The molecular formula is C22H22N4O4. The van der Waals surface area contributed by atoms with Crippen molar-refractivity contribution in [2.45, 2.75) is 32.4 Å². The van der Waals surface area contributed by atoms with Crippen molar-refractivity contribution in [3.8, 4) is 11.3 Å². The Morgan fingerprint density at radius 2 is 1.63 bits per heavy atom. The molecule has 0 saturated heterocycles. The fourth-order valence-corrected chi connectivity index (χ4v) is 3.23. The van der Waals surface area contributed by atoms with Crippen LogP contribution in [0.1, 0.15) is 40.9 Å². The summed E-state index contributed by atoms with van der Waals surface area (Å²) >= 11 is 0. The Hall–Kier alpha value is -3.52. The number of Topliss-reactive ketones (excluding diaryl/α,β-unsaturated/α-hetero) is 1. The van der Waals surface area contributed by atoms with Crippen LogP contribution in [-0.2, 0) is 13.1 Å². The molecule has 154 valence electrons. The Morgan fingerprint density at radius 1 is 0.933 bits per heavy atom. The van der Waals surface area contributed by atoms with Crippen molar-refractivity contribution in [2.24, 2.45) is 0 Å². The molecule has 0 radical (unpaired) electrons. The molecule has 0 fully saturated rings. The van der Waals surface area contributed by atoms with Gasteiger partial charge in [-0.3, -0.25) is 9.69 Å². The number of hydrogen-bond acceptors (Lipinski definition) is 8. The van der Waals surface area contributed by atoms with Gasteiger partial charge in [-0.15, -0.1) is 0 Å². The highest BCUT2D eigenvalue weighted by atomic mass is 16.5. The predicted octanol–water partition coefficient (Wildman–Crippen LogP) is 4.37. The van der Waals surface area contributed by atoms with Gasteiger partial charge in [0, 0.05) is 42.3 Å². The van der Waals surface area contributed by atoms with Gasteiger partial charge in [0.05, 0.1) is 12.4 Å². The van der Waals surface area contributed by atoms with Gasteiger partial charge in [0.2, 0.25) is 0 Å². The minimum Gasteiger partial charge on any atom is -0.364 e. The molecule has 30 heavy (non-hydrogen) atoms. The van der Waals surface area contributed by atoms with Crippen molar-refractivity contribution in [3.05, 3.63) is 78.1 Å². The van der Waals surface area contributed by atoms with Crippen LogP contribution in [0.15, 0.2) is 74.9 Å². The van der Waals surface area contributed by atoms with E-state index in [1.54, 1.807) is 31.0 Å². The lowest BCUT2D eigenvalue weighted by Gasteiger charge is -2.20. The maximum Gasteiger partial charge on any atom is 0.184 e. The largest absolute Gasteiger partial charge is 0.364 e. The maximum absolute atomic E-state index is 12.5. The summed E-state index contributed by atoms with van der Waals surface area (Å²) in [4.78, 5) is 14.7. The van der Waals surface area contributed by atoms with E-state index in [9.17, 15) is 4.79 Å². The minimum atomic E-state index is -0.00875. The predicted molar refractivity (Wildman–Crippen MR) is 107 cm³/mol. The molecule has 0 N–H and O–H groups in total. The molecule has 0 unspecified atom stereocenters. The number of unbranched alkanes of at least 4 members (excludes halogenated alkanes) is 1. The summed E-state index contributed by atoms with van der Waals surface area (Å²) in [7, 11) is 0. The van der Waals surface area contributed by atoms with Crippen LogP contribution in [0.25, 0.3) is 11.3 Å². The standard InChI is InChI=1S/C22H22N4O4/c27-21(20-10-22(30-25-20)19-6-2-1-3-7-19)8-4-5-9-26(13-17-11-23-28-15-17)14-18-12-24-29-16-18/h1-3,6-7,10-12,15-16H,4-5,8-9,13-14H2. The normalized spacial score (nSPS) is 11.2. The van der Waals surface area contributed by atoms with Crippen molar-refractivity contribution in [1.29, 1.82) is 0 Å². The minimum absolute atomic E-state index is 0.00875. The zero-order chi connectivity index (χ0) is 20.6. The van der Waals surface area contributed by atoms with Crippen LogP contribution in [-0.4, -0.2) is 32.7 Å². The van der Waals surface area contributed by atoms with Crippen LogP contribution in [0.3, 0.4) is 0 Å². The Labute approximate surface area is 173 Å². The zero-order valence-electron chi connectivity index (χ0n) is 16.4. The molecule has 3 aromatic heterocycles. The van der Waals surface area contributed by atoms with Crippen LogP contribution in [0.4, 0.5) is 0 Å². The van der Waals surface area contributed by atoms with E-state index in [4.69, 9.17) is 13.6 Å². The van der Waals surface area contributed by atoms with E-state index < -0.39 is 0 Å². The summed E-state index contributed by atoms with van der Waals surface area (Å²) in [5.74, 6) is 0.595. The highest BCUT2D eigenvalue weighted by Gasteiger charge is 2.14. The van der Waals surface area contributed by atoms with E-state index in [1.807, 2.05) is 30.3 Å². The molecule has 0 spiro atoms. The van der Waals surface area contributed by atoms with Crippen molar-refractivity contribution in [3.63, 3.8) is 0 Å². The SMILES string of the molecule is O=C(CCCCN(Cc1cnoc1)Cc1cnoc1)c1cc(-c2ccccc2)on1. The lowest BCUT2D eigenvalue weighted by Crippen LogP contribution is -2.23. The fraction of sp³-hybridized carbons (Fsp3) is 0.273. The van der Waals surface area contributed by atoms with Gasteiger partial charge < -0.3 is 13.6 Å². The highest BCUT2D eigenvalue weighted by molar-refractivity contribution is 5.94. The molecular weight excluding hydrogens is 384 g/mol. The Bertz CT molecular complexity index is 990. The quantitative estimate of drug-likeness (QED) is 0.267. The second kappa shape index (κ2) is 9.80. The zero-order valence-corrected chi connectivity index (χ0v) is 16.4. The Kier molecular flexibility index (Phi) is 6.46. The van der Waals surface area contributed by atoms with E-state index in [2.05, 4.69) is 20.4 Å². The number of nitrogens with zero attached hydrogens (tertiary/aromatic N) is 4. The number of aromatic nitrogens is 3.